The largest absolute Gasteiger partial charge is 0.506 e. The fourth-order valence-electron chi connectivity index (χ4n) is 0.284. The van der Waals surface area contributed by atoms with Crippen molar-refractivity contribution in [3.05, 3.63) is 15.2 Å². The molecule has 1 rings (SSSR count). The van der Waals surface area contributed by atoms with Crippen molar-refractivity contribution in [3.63, 3.8) is 0 Å². The van der Waals surface area contributed by atoms with Crippen molar-refractivity contribution in [2.45, 2.75) is 0 Å². The zero-order valence-electron chi connectivity index (χ0n) is 3.39. The molecule has 0 aromatic carbocycles. The van der Waals surface area contributed by atoms with Gasteiger partial charge in [-0.3, -0.25) is 0 Å². The lowest BCUT2D eigenvalue weighted by Gasteiger charge is -1.77. The second kappa shape index (κ2) is 1.84. The lowest BCUT2D eigenvalue weighted by Crippen LogP contribution is -1.47. The van der Waals surface area contributed by atoms with Gasteiger partial charge in [0.15, 0.2) is 0 Å². The highest BCUT2D eigenvalue weighted by Gasteiger charge is 1.92. The predicted molar refractivity (Wildman–Crippen MR) is 33.7 cm³/mol. The fraction of sp³-hybridized carbons (Fsp3) is 0. The Balaban J connectivity index is 3.12. The molecule has 0 saturated carbocycles. The molecule has 1 aromatic heterocycles. The van der Waals surface area contributed by atoms with Gasteiger partial charge in [-0.25, -0.2) is 0 Å². The molecule has 0 bridgehead atoms. The lowest BCUT2D eigenvalue weighted by molar-refractivity contribution is 0.475. The van der Waals surface area contributed by atoms with E-state index in [0.29, 0.717) is 5.75 Å². The zero-order valence-corrected chi connectivity index (χ0v) is 5.79. The Morgan fingerprint density at radius 2 is 2.43 bits per heavy atom. The van der Waals surface area contributed by atoms with Gasteiger partial charge in [0.2, 0.25) is 0 Å². The highest BCUT2D eigenvalue weighted by molar-refractivity contribution is 9.11. The standard InChI is InChI=1S/C4H3BrOS/c5-4-3(6)1-2-7-4/h1-2,6H. The van der Waals surface area contributed by atoms with Gasteiger partial charge >= 0.3 is 0 Å². The van der Waals surface area contributed by atoms with E-state index in [4.69, 9.17) is 5.11 Å². The molecule has 1 heterocycles. The number of halogens is 1. The summed E-state index contributed by atoms with van der Waals surface area (Å²) in [6.07, 6.45) is 0. The number of hydrogen-bond donors (Lipinski definition) is 1. The first-order chi connectivity index (χ1) is 3.30. The quantitative estimate of drug-likeness (QED) is 0.647. The fourth-order valence-corrected chi connectivity index (χ4v) is 1.25. The van der Waals surface area contributed by atoms with Crippen molar-refractivity contribution in [1.29, 1.82) is 0 Å². The molecule has 7 heavy (non-hydrogen) atoms. The Morgan fingerprint density at radius 3 is 2.57 bits per heavy atom. The van der Waals surface area contributed by atoms with Crippen molar-refractivity contribution in [3.8, 4) is 5.75 Å². The second-order valence-electron chi connectivity index (χ2n) is 1.08. The SMILES string of the molecule is Oc1ccsc1Br. The van der Waals surface area contributed by atoms with Gasteiger partial charge in [0.1, 0.15) is 9.54 Å². The first kappa shape index (κ1) is 5.12. The summed E-state index contributed by atoms with van der Waals surface area (Å²) >= 11 is 4.60. The third kappa shape index (κ3) is 0.951. The van der Waals surface area contributed by atoms with E-state index in [1.54, 1.807) is 6.07 Å². The summed E-state index contributed by atoms with van der Waals surface area (Å²) < 4.78 is 0.799. The minimum atomic E-state index is 0.324. The van der Waals surface area contributed by atoms with Gasteiger partial charge in [-0.15, -0.1) is 11.3 Å². The van der Waals surface area contributed by atoms with E-state index < -0.39 is 0 Å². The highest BCUT2D eigenvalue weighted by Crippen LogP contribution is 2.28. The Morgan fingerprint density at radius 1 is 1.71 bits per heavy atom. The average Bonchev–Trinajstić information content (AvgIpc) is 1.91. The monoisotopic (exact) mass is 178 g/mol. The minimum Gasteiger partial charge on any atom is -0.506 e. The molecular formula is C4H3BrOS. The molecular weight excluding hydrogens is 176 g/mol. The molecule has 0 unspecified atom stereocenters. The van der Waals surface area contributed by atoms with Crippen molar-refractivity contribution < 1.29 is 5.11 Å². The van der Waals surface area contributed by atoms with Crippen LogP contribution in [0, 0.1) is 0 Å². The van der Waals surface area contributed by atoms with E-state index >= 15 is 0 Å². The molecule has 0 spiro atoms. The van der Waals surface area contributed by atoms with Crippen LogP contribution >= 0.6 is 27.3 Å². The zero-order chi connectivity index (χ0) is 5.28. The molecule has 0 fully saturated rings. The normalized spacial score (nSPS) is 9.29. The molecule has 1 aromatic rings. The third-order valence-corrected chi connectivity index (χ3v) is 2.25. The second-order valence-corrected chi connectivity index (χ2v) is 3.31. The Bertz CT molecular complexity index is 144. The minimum absolute atomic E-state index is 0.324. The van der Waals surface area contributed by atoms with Crippen molar-refractivity contribution in [1.82, 2.24) is 0 Å². The summed E-state index contributed by atoms with van der Waals surface area (Å²) in [5.41, 5.74) is 0. The van der Waals surface area contributed by atoms with E-state index in [0.717, 1.165) is 3.79 Å². The molecule has 0 radical (unpaired) electrons. The van der Waals surface area contributed by atoms with Crippen molar-refractivity contribution in [2.24, 2.45) is 0 Å². The van der Waals surface area contributed by atoms with Crippen LogP contribution in [0.2, 0.25) is 0 Å². The Kier molecular flexibility index (Phi) is 1.35. The molecule has 0 aliphatic rings. The van der Waals surface area contributed by atoms with Crippen LogP contribution in [0.25, 0.3) is 0 Å². The van der Waals surface area contributed by atoms with Crippen molar-refractivity contribution in [2.75, 3.05) is 0 Å². The van der Waals surface area contributed by atoms with E-state index in [-0.39, 0.29) is 0 Å². The number of thiophene rings is 1. The summed E-state index contributed by atoms with van der Waals surface area (Å²) in [7, 11) is 0. The Hall–Kier alpha value is -0.0200. The maximum absolute atomic E-state index is 8.72. The van der Waals surface area contributed by atoms with Gasteiger partial charge in [0, 0.05) is 0 Å². The third-order valence-electron chi connectivity index (χ3n) is 0.599. The van der Waals surface area contributed by atoms with Crippen LogP contribution in [0.5, 0.6) is 5.75 Å². The molecule has 1 nitrogen and oxygen atoms in total. The van der Waals surface area contributed by atoms with Crippen LogP contribution in [-0.4, -0.2) is 5.11 Å². The van der Waals surface area contributed by atoms with E-state index in [1.165, 1.54) is 11.3 Å². The summed E-state index contributed by atoms with van der Waals surface area (Å²) in [6.45, 7) is 0. The molecule has 0 amide bonds. The van der Waals surface area contributed by atoms with Crippen LogP contribution < -0.4 is 0 Å². The molecule has 0 saturated heterocycles. The first-order valence-electron chi connectivity index (χ1n) is 1.72. The summed E-state index contributed by atoms with van der Waals surface area (Å²) in [5.74, 6) is 0.324. The van der Waals surface area contributed by atoms with Crippen LogP contribution in [0.15, 0.2) is 15.2 Å². The summed E-state index contributed by atoms with van der Waals surface area (Å²) in [6, 6.07) is 1.65. The van der Waals surface area contributed by atoms with Gasteiger partial charge in [-0.2, -0.15) is 0 Å². The van der Waals surface area contributed by atoms with Gasteiger partial charge in [0.25, 0.3) is 0 Å². The Labute approximate surface area is 53.7 Å². The van der Waals surface area contributed by atoms with Crippen LogP contribution in [0.4, 0.5) is 0 Å². The number of hydrogen-bond acceptors (Lipinski definition) is 2. The predicted octanol–water partition coefficient (Wildman–Crippen LogP) is 2.22. The van der Waals surface area contributed by atoms with Crippen molar-refractivity contribution >= 4 is 27.3 Å². The molecule has 0 aliphatic heterocycles. The van der Waals surface area contributed by atoms with Crippen LogP contribution in [0.3, 0.4) is 0 Å². The maximum Gasteiger partial charge on any atom is 0.140 e. The highest BCUT2D eigenvalue weighted by atomic mass is 79.9. The topological polar surface area (TPSA) is 20.2 Å². The van der Waals surface area contributed by atoms with E-state index in [9.17, 15) is 0 Å². The lowest BCUT2D eigenvalue weighted by atomic mass is 10.6. The van der Waals surface area contributed by atoms with Gasteiger partial charge in [-0.05, 0) is 27.4 Å². The maximum atomic E-state index is 8.72. The summed E-state index contributed by atoms with van der Waals surface area (Å²) in [5, 5.41) is 10.5. The molecule has 38 valence electrons. The first-order valence-corrected chi connectivity index (χ1v) is 3.40. The average molecular weight is 179 g/mol. The van der Waals surface area contributed by atoms with E-state index in [2.05, 4.69) is 15.9 Å². The van der Waals surface area contributed by atoms with Crippen LogP contribution in [0.1, 0.15) is 0 Å². The number of aromatic hydroxyl groups is 1. The van der Waals surface area contributed by atoms with E-state index in [1.807, 2.05) is 5.38 Å². The van der Waals surface area contributed by atoms with Gasteiger partial charge in [0.05, 0.1) is 0 Å². The molecule has 3 heteroatoms. The smallest absolute Gasteiger partial charge is 0.140 e. The summed E-state index contributed by atoms with van der Waals surface area (Å²) in [4.78, 5) is 0. The van der Waals surface area contributed by atoms with Gasteiger partial charge < -0.3 is 5.11 Å². The van der Waals surface area contributed by atoms with Gasteiger partial charge in [-0.1, -0.05) is 0 Å². The molecule has 0 atom stereocenters. The molecule has 0 aliphatic carbocycles. The number of rotatable bonds is 0. The molecule has 1 N–H and O–H groups in total. The van der Waals surface area contributed by atoms with Crippen LogP contribution in [-0.2, 0) is 0 Å².